The number of rotatable bonds is 6. The van der Waals surface area contributed by atoms with E-state index in [4.69, 9.17) is 0 Å². The Labute approximate surface area is 154 Å². The number of anilines is 1. The van der Waals surface area contributed by atoms with Crippen molar-refractivity contribution in [2.45, 2.75) is 13.0 Å². The molecule has 2 aromatic rings. The SMILES string of the molecule is CN(CCC(=O)N1CCN(c2ccccn2)CC1)Cc1cccc(F)c1. The lowest BCUT2D eigenvalue weighted by Gasteiger charge is -2.35. The summed E-state index contributed by atoms with van der Waals surface area (Å²) < 4.78 is 13.2. The van der Waals surface area contributed by atoms with Crippen LogP contribution >= 0.6 is 0 Å². The van der Waals surface area contributed by atoms with E-state index in [0.717, 1.165) is 37.6 Å². The third kappa shape index (κ3) is 5.02. The van der Waals surface area contributed by atoms with Gasteiger partial charge in [-0.15, -0.1) is 0 Å². The van der Waals surface area contributed by atoms with Gasteiger partial charge in [0.2, 0.25) is 5.91 Å². The molecule has 0 bridgehead atoms. The quantitative estimate of drug-likeness (QED) is 0.797. The van der Waals surface area contributed by atoms with Crippen molar-refractivity contribution in [2.75, 3.05) is 44.7 Å². The first-order valence-electron chi connectivity index (χ1n) is 8.98. The van der Waals surface area contributed by atoms with Gasteiger partial charge in [-0.05, 0) is 36.9 Å². The minimum absolute atomic E-state index is 0.178. The molecular weight excluding hydrogens is 331 g/mol. The fourth-order valence-electron chi connectivity index (χ4n) is 3.20. The summed E-state index contributed by atoms with van der Waals surface area (Å²) in [6, 6.07) is 12.5. The minimum Gasteiger partial charge on any atom is -0.353 e. The van der Waals surface area contributed by atoms with Gasteiger partial charge in [0.1, 0.15) is 11.6 Å². The van der Waals surface area contributed by atoms with E-state index in [9.17, 15) is 9.18 Å². The molecule has 6 heteroatoms. The summed E-state index contributed by atoms with van der Waals surface area (Å²) in [5, 5.41) is 0. The molecule has 0 atom stereocenters. The van der Waals surface area contributed by atoms with Crippen LogP contribution in [0.5, 0.6) is 0 Å². The Hall–Kier alpha value is -2.47. The van der Waals surface area contributed by atoms with Gasteiger partial charge in [0, 0.05) is 51.9 Å². The van der Waals surface area contributed by atoms with Crippen molar-refractivity contribution >= 4 is 11.7 Å². The van der Waals surface area contributed by atoms with Crippen LogP contribution in [0.2, 0.25) is 0 Å². The number of halogens is 1. The van der Waals surface area contributed by atoms with Crippen LogP contribution in [-0.2, 0) is 11.3 Å². The summed E-state index contributed by atoms with van der Waals surface area (Å²) in [5.74, 6) is 0.920. The molecule has 3 rings (SSSR count). The Bertz CT molecular complexity index is 717. The van der Waals surface area contributed by atoms with Crippen LogP contribution in [0.3, 0.4) is 0 Å². The molecule has 5 nitrogen and oxygen atoms in total. The molecule has 0 aliphatic carbocycles. The predicted molar refractivity (Wildman–Crippen MR) is 100 cm³/mol. The highest BCUT2D eigenvalue weighted by Gasteiger charge is 2.21. The summed E-state index contributed by atoms with van der Waals surface area (Å²) in [5.41, 5.74) is 0.920. The summed E-state index contributed by atoms with van der Waals surface area (Å²) >= 11 is 0. The molecule has 0 unspecified atom stereocenters. The van der Waals surface area contributed by atoms with E-state index in [0.29, 0.717) is 19.5 Å². The second kappa shape index (κ2) is 8.76. The van der Waals surface area contributed by atoms with E-state index >= 15 is 0 Å². The van der Waals surface area contributed by atoms with Crippen molar-refractivity contribution in [3.8, 4) is 0 Å². The predicted octanol–water partition coefficient (Wildman–Crippen LogP) is 2.39. The van der Waals surface area contributed by atoms with Crippen molar-refractivity contribution in [3.05, 3.63) is 60.0 Å². The normalized spacial score (nSPS) is 14.7. The van der Waals surface area contributed by atoms with E-state index in [1.807, 2.05) is 36.2 Å². The molecule has 2 heterocycles. The lowest BCUT2D eigenvalue weighted by Crippen LogP contribution is -2.49. The molecule has 138 valence electrons. The zero-order valence-corrected chi connectivity index (χ0v) is 15.1. The maximum atomic E-state index is 13.2. The van der Waals surface area contributed by atoms with Crippen LogP contribution < -0.4 is 4.90 Å². The lowest BCUT2D eigenvalue weighted by molar-refractivity contribution is -0.131. The highest BCUT2D eigenvalue weighted by molar-refractivity contribution is 5.76. The Balaban J connectivity index is 1.41. The highest BCUT2D eigenvalue weighted by Crippen LogP contribution is 2.13. The van der Waals surface area contributed by atoms with Gasteiger partial charge < -0.3 is 14.7 Å². The van der Waals surface area contributed by atoms with Crippen LogP contribution in [0, 0.1) is 5.82 Å². The third-order valence-electron chi connectivity index (χ3n) is 4.65. The molecule has 0 N–H and O–H groups in total. The summed E-state index contributed by atoms with van der Waals surface area (Å²) in [4.78, 5) is 23.0. The van der Waals surface area contributed by atoms with Crippen molar-refractivity contribution in [1.82, 2.24) is 14.8 Å². The fraction of sp³-hybridized carbons (Fsp3) is 0.400. The third-order valence-corrected chi connectivity index (χ3v) is 4.65. The zero-order valence-electron chi connectivity index (χ0n) is 15.1. The Morgan fingerprint density at radius 1 is 1.15 bits per heavy atom. The number of nitrogens with zero attached hydrogens (tertiary/aromatic N) is 4. The van der Waals surface area contributed by atoms with E-state index in [-0.39, 0.29) is 11.7 Å². The van der Waals surface area contributed by atoms with Crippen LogP contribution in [0.4, 0.5) is 10.2 Å². The molecule has 1 aliphatic heterocycles. The van der Waals surface area contributed by atoms with E-state index in [1.54, 1.807) is 12.3 Å². The van der Waals surface area contributed by atoms with Crippen molar-refractivity contribution in [1.29, 1.82) is 0 Å². The number of aromatic nitrogens is 1. The molecule has 0 radical (unpaired) electrons. The van der Waals surface area contributed by atoms with Crippen LogP contribution in [0.1, 0.15) is 12.0 Å². The number of piperazine rings is 1. The number of benzene rings is 1. The monoisotopic (exact) mass is 356 g/mol. The molecular formula is C20H25FN4O. The van der Waals surface area contributed by atoms with E-state index < -0.39 is 0 Å². The second-order valence-electron chi connectivity index (χ2n) is 6.67. The van der Waals surface area contributed by atoms with Crippen LogP contribution in [0.15, 0.2) is 48.7 Å². The number of amides is 1. The summed E-state index contributed by atoms with van der Waals surface area (Å²) in [6.45, 7) is 4.37. The first kappa shape index (κ1) is 18.3. The average molecular weight is 356 g/mol. The van der Waals surface area contributed by atoms with Gasteiger partial charge in [-0.2, -0.15) is 0 Å². The number of carbonyl (C=O) groups excluding carboxylic acids is 1. The van der Waals surface area contributed by atoms with Crippen molar-refractivity contribution in [2.24, 2.45) is 0 Å². The summed E-state index contributed by atoms with van der Waals surface area (Å²) in [6.07, 6.45) is 2.27. The largest absolute Gasteiger partial charge is 0.353 e. The smallest absolute Gasteiger partial charge is 0.223 e. The van der Waals surface area contributed by atoms with Gasteiger partial charge >= 0.3 is 0 Å². The molecule has 1 aromatic carbocycles. The molecule has 0 saturated carbocycles. The highest BCUT2D eigenvalue weighted by atomic mass is 19.1. The van der Waals surface area contributed by atoms with E-state index in [1.165, 1.54) is 12.1 Å². The Morgan fingerprint density at radius 3 is 2.65 bits per heavy atom. The average Bonchev–Trinajstić information content (AvgIpc) is 2.67. The van der Waals surface area contributed by atoms with Gasteiger partial charge in [-0.1, -0.05) is 18.2 Å². The standard InChI is InChI=1S/C20H25FN4O/c1-23(16-17-5-4-6-18(21)15-17)10-8-20(26)25-13-11-24(12-14-25)19-7-2-3-9-22-19/h2-7,9,15H,8,10-14,16H2,1H3. The number of hydrogen-bond donors (Lipinski definition) is 0. The van der Waals surface area contributed by atoms with Gasteiger partial charge in [0.25, 0.3) is 0 Å². The van der Waals surface area contributed by atoms with Crippen LogP contribution in [0.25, 0.3) is 0 Å². The van der Waals surface area contributed by atoms with Gasteiger partial charge in [-0.3, -0.25) is 4.79 Å². The second-order valence-corrected chi connectivity index (χ2v) is 6.67. The van der Waals surface area contributed by atoms with Crippen LogP contribution in [-0.4, -0.2) is 60.5 Å². The lowest BCUT2D eigenvalue weighted by atomic mass is 10.2. The Kier molecular flexibility index (Phi) is 6.17. The zero-order chi connectivity index (χ0) is 18.4. The van der Waals surface area contributed by atoms with Gasteiger partial charge in [-0.25, -0.2) is 9.37 Å². The van der Waals surface area contributed by atoms with Crippen molar-refractivity contribution < 1.29 is 9.18 Å². The maximum absolute atomic E-state index is 13.2. The molecule has 26 heavy (non-hydrogen) atoms. The molecule has 1 amide bonds. The fourth-order valence-corrected chi connectivity index (χ4v) is 3.20. The minimum atomic E-state index is -0.224. The van der Waals surface area contributed by atoms with E-state index in [2.05, 4.69) is 14.8 Å². The first-order valence-corrected chi connectivity index (χ1v) is 8.98. The summed E-state index contributed by atoms with van der Waals surface area (Å²) in [7, 11) is 1.96. The molecule has 1 saturated heterocycles. The maximum Gasteiger partial charge on any atom is 0.223 e. The van der Waals surface area contributed by atoms with Gasteiger partial charge in [0.15, 0.2) is 0 Å². The molecule has 0 spiro atoms. The first-order chi connectivity index (χ1) is 12.6. The number of hydrogen-bond acceptors (Lipinski definition) is 4. The molecule has 1 aliphatic rings. The number of carbonyl (C=O) groups is 1. The topological polar surface area (TPSA) is 39.7 Å². The Morgan fingerprint density at radius 2 is 1.96 bits per heavy atom. The van der Waals surface area contributed by atoms with Gasteiger partial charge in [0.05, 0.1) is 0 Å². The molecule has 1 fully saturated rings. The van der Waals surface area contributed by atoms with Crippen molar-refractivity contribution in [3.63, 3.8) is 0 Å². The number of pyridine rings is 1. The molecule has 1 aromatic heterocycles.